The Balaban J connectivity index is 2.42. The van der Waals surface area contributed by atoms with Gasteiger partial charge in [-0.2, -0.15) is 0 Å². The molecule has 0 heterocycles. The summed E-state index contributed by atoms with van der Waals surface area (Å²) in [4.78, 5) is 0. The minimum atomic E-state index is 1.06. The van der Waals surface area contributed by atoms with Crippen molar-refractivity contribution in [3.63, 3.8) is 0 Å². The van der Waals surface area contributed by atoms with Crippen LogP contribution in [-0.4, -0.2) is 13.1 Å². The second-order valence-electron chi connectivity index (χ2n) is 4.19. The molecule has 0 aromatic heterocycles. The van der Waals surface area contributed by atoms with Crippen molar-refractivity contribution in [1.29, 1.82) is 0 Å². The molecule has 0 atom stereocenters. The number of rotatable bonds is 6. The summed E-state index contributed by atoms with van der Waals surface area (Å²) in [6.45, 7) is 8.66. The van der Waals surface area contributed by atoms with E-state index in [2.05, 4.69) is 56.4 Å². The van der Waals surface area contributed by atoms with Gasteiger partial charge in [0.2, 0.25) is 0 Å². The third-order valence-electron chi connectivity index (χ3n) is 2.87. The lowest BCUT2D eigenvalue weighted by molar-refractivity contribution is 0.726. The van der Waals surface area contributed by atoms with Crippen LogP contribution in [-0.2, 0) is 6.42 Å². The van der Waals surface area contributed by atoms with Crippen LogP contribution in [0.15, 0.2) is 30.4 Å². The zero-order chi connectivity index (χ0) is 11.8. The highest BCUT2D eigenvalue weighted by atomic mass is 14.8. The minimum Gasteiger partial charge on any atom is -0.317 e. The van der Waals surface area contributed by atoms with Gasteiger partial charge in [0.25, 0.3) is 0 Å². The Morgan fingerprint density at radius 2 is 1.81 bits per heavy atom. The molecule has 0 unspecified atom stereocenters. The van der Waals surface area contributed by atoms with Crippen molar-refractivity contribution in [2.75, 3.05) is 13.1 Å². The van der Waals surface area contributed by atoms with Crippen molar-refractivity contribution in [2.45, 2.75) is 33.6 Å². The van der Waals surface area contributed by atoms with E-state index in [1.54, 1.807) is 0 Å². The molecule has 1 rings (SSSR count). The molecule has 0 amide bonds. The second-order valence-corrected chi connectivity index (χ2v) is 4.19. The molecule has 0 aliphatic rings. The Kier molecular flexibility index (Phi) is 5.87. The van der Waals surface area contributed by atoms with Crippen molar-refractivity contribution in [3.05, 3.63) is 47.0 Å². The average molecular weight is 217 g/mol. The summed E-state index contributed by atoms with van der Waals surface area (Å²) < 4.78 is 0. The highest BCUT2D eigenvalue weighted by Crippen LogP contribution is 2.14. The van der Waals surface area contributed by atoms with Crippen molar-refractivity contribution in [2.24, 2.45) is 0 Å². The van der Waals surface area contributed by atoms with E-state index >= 15 is 0 Å². The summed E-state index contributed by atoms with van der Waals surface area (Å²) in [5, 5.41) is 3.32. The zero-order valence-electron chi connectivity index (χ0n) is 10.7. The average Bonchev–Trinajstić information content (AvgIpc) is 2.26. The molecule has 88 valence electrons. The third-order valence-corrected chi connectivity index (χ3v) is 2.87. The van der Waals surface area contributed by atoms with E-state index < -0.39 is 0 Å². The minimum absolute atomic E-state index is 1.06. The van der Waals surface area contributed by atoms with Crippen LogP contribution in [0.2, 0.25) is 0 Å². The van der Waals surface area contributed by atoms with Gasteiger partial charge in [-0.05, 0) is 56.5 Å². The van der Waals surface area contributed by atoms with E-state index in [4.69, 9.17) is 0 Å². The summed E-state index contributed by atoms with van der Waals surface area (Å²) in [7, 11) is 0. The molecule has 1 aromatic rings. The first-order valence-corrected chi connectivity index (χ1v) is 6.16. The molecule has 1 aromatic carbocycles. The molecular weight excluding hydrogens is 194 g/mol. The molecule has 1 heteroatoms. The van der Waals surface area contributed by atoms with E-state index in [1.165, 1.54) is 16.7 Å². The van der Waals surface area contributed by atoms with Crippen molar-refractivity contribution in [3.8, 4) is 0 Å². The number of nitrogens with one attached hydrogen (secondary N) is 1. The third kappa shape index (κ3) is 4.19. The van der Waals surface area contributed by atoms with Crippen LogP contribution in [0.3, 0.4) is 0 Å². The fraction of sp³-hybridized carbons (Fsp3) is 0.467. The standard InChI is InChI=1S/C15H23N/c1-4-16-12-7-5-6-11-15-13(2)9-8-10-14(15)3/h5-6,8-10,16H,4,7,11-12H2,1-3H3/b6-5+. The molecule has 0 radical (unpaired) electrons. The van der Waals surface area contributed by atoms with Gasteiger partial charge in [0.1, 0.15) is 0 Å². The predicted octanol–water partition coefficient (Wildman–Crippen LogP) is 3.40. The van der Waals surface area contributed by atoms with E-state index in [0.717, 1.165) is 25.9 Å². The summed E-state index contributed by atoms with van der Waals surface area (Å²) in [6.07, 6.45) is 6.74. The highest BCUT2D eigenvalue weighted by Gasteiger charge is 1.98. The number of aryl methyl sites for hydroxylation is 2. The van der Waals surface area contributed by atoms with Crippen molar-refractivity contribution in [1.82, 2.24) is 5.32 Å². The first-order valence-electron chi connectivity index (χ1n) is 6.16. The van der Waals surface area contributed by atoms with Gasteiger partial charge in [-0.1, -0.05) is 37.3 Å². The maximum Gasteiger partial charge on any atom is -0.00144 e. The molecule has 0 saturated carbocycles. The van der Waals surface area contributed by atoms with Gasteiger partial charge in [0.15, 0.2) is 0 Å². The maximum absolute atomic E-state index is 3.32. The fourth-order valence-electron chi connectivity index (χ4n) is 1.85. The molecule has 0 saturated heterocycles. The van der Waals surface area contributed by atoms with Gasteiger partial charge in [0.05, 0.1) is 0 Å². The molecule has 1 nitrogen and oxygen atoms in total. The number of benzene rings is 1. The largest absolute Gasteiger partial charge is 0.317 e. The quantitative estimate of drug-likeness (QED) is 0.569. The normalized spacial score (nSPS) is 11.2. The van der Waals surface area contributed by atoms with Gasteiger partial charge in [0, 0.05) is 0 Å². The van der Waals surface area contributed by atoms with Crippen LogP contribution in [0.1, 0.15) is 30.0 Å². The molecule has 0 aliphatic carbocycles. The lowest BCUT2D eigenvalue weighted by atomic mass is 10.00. The SMILES string of the molecule is CCNCC/C=C/Cc1c(C)cccc1C. The van der Waals surface area contributed by atoms with Crippen LogP contribution in [0.25, 0.3) is 0 Å². The molecular formula is C15H23N. The molecule has 0 bridgehead atoms. The van der Waals surface area contributed by atoms with Gasteiger partial charge in [-0.3, -0.25) is 0 Å². The van der Waals surface area contributed by atoms with Gasteiger partial charge in [-0.15, -0.1) is 0 Å². The Labute approximate surface area is 99.6 Å². The van der Waals surface area contributed by atoms with Crippen LogP contribution in [0.4, 0.5) is 0 Å². The Morgan fingerprint density at radius 1 is 1.12 bits per heavy atom. The van der Waals surface area contributed by atoms with Crippen LogP contribution in [0.5, 0.6) is 0 Å². The smallest absolute Gasteiger partial charge is 0.00144 e. The van der Waals surface area contributed by atoms with Gasteiger partial charge in [-0.25, -0.2) is 0 Å². The first kappa shape index (κ1) is 13.0. The summed E-state index contributed by atoms with van der Waals surface area (Å²) in [6, 6.07) is 6.51. The van der Waals surface area contributed by atoms with Crippen LogP contribution >= 0.6 is 0 Å². The van der Waals surface area contributed by atoms with E-state index in [0.29, 0.717) is 0 Å². The topological polar surface area (TPSA) is 12.0 Å². The summed E-state index contributed by atoms with van der Waals surface area (Å²) in [5.41, 5.74) is 4.27. The number of hydrogen-bond acceptors (Lipinski definition) is 1. The highest BCUT2D eigenvalue weighted by molar-refractivity contribution is 5.34. The van der Waals surface area contributed by atoms with Crippen LogP contribution in [0, 0.1) is 13.8 Å². The predicted molar refractivity (Wildman–Crippen MR) is 71.9 cm³/mol. The van der Waals surface area contributed by atoms with Gasteiger partial charge >= 0.3 is 0 Å². The second kappa shape index (κ2) is 7.24. The van der Waals surface area contributed by atoms with E-state index in [1.807, 2.05) is 0 Å². The first-order chi connectivity index (χ1) is 7.75. The molecule has 16 heavy (non-hydrogen) atoms. The van der Waals surface area contributed by atoms with Crippen molar-refractivity contribution < 1.29 is 0 Å². The van der Waals surface area contributed by atoms with Crippen molar-refractivity contribution >= 4 is 0 Å². The molecule has 0 aliphatic heterocycles. The van der Waals surface area contributed by atoms with E-state index in [-0.39, 0.29) is 0 Å². The van der Waals surface area contributed by atoms with Gasteiger partial charge < -0.3 is 5.32 Å². The lowest BCUT2D eigenvalue weighted by Gasteiger charge is -2.06. The number of hydrogen-bond donors (Lipinski definition) is 1. The fourth-order valence-corrected chi connectivity index (χ4v) is 1.85. The zero-order valence-corrected chi connectivity index (χ0v) is 10.7. The number of allylic oxidation sites excluding steroid dienone is 1. The maximum atomic E-state index is 3.32. The Morgan fingerprint density at radius 3 is 2.44 bits per heavy atom. The summed E-state index contributed by atoms with van der Waals surface area (Å²) >= 11 is 0. The van der Waals surface area contributed by atoms with E-state index in [9.17, 15) is 0 Å². The summed E-state index contributed by atoms with van der Waals surface area (Å²) in [5.74, 6) is 0. The molecule has 0 fully saturated rings. The molecule has 1 N–H and O–H groups in total. The Hall–Kier alpha value is -1.08. The van der Waals surface area contributed by atoms with Crippen LogP contribution < -0.4 is 5.32 Å². The molecule has 0 spiro atoms. The lowest BCUT2D eigenvalue weighted by Crippen LogP contribution is -2.12. The monoisotopic (exact) mass is 217 g/mol. The Bertz CT molecular complexity index is 319.